The molecule has 3 N–H and O–H groups in total. The van der Waals surface area contributed by atoms with Gasteiger partial charge in [-0.1, -0.05) is 11.6 Å². The molecule has 2 aliphatic rings. The third-order valence-electron chi connectivity index (χ3n) is 4.03. The van der Waals surface area contributed by atoms with Crippen LogP contribution in [-0.2, 0) is 4.74 Å². The number of nitrogens with one attached hydrogen (secondary N) is 1. The Morgan fingerprint density at radius 1 is 1.35 bits per heavy atom. The summed E-state index contributed by atoms with van der Waals surface area (Å²) in [5, 5.41) is 0. The van der Waals surface area contributed by atoms with Crippen LogP contribution in [0.25, 0.3) is 0 Å². The molecule has 0 amide bonds. The minimum Gasteiger partial charge on any atom is -0.378 e. The van der Waals surface area contributed by atoms with Crippen LogP contribution in [0.15, 0.2) is 11.6 Å². The molecule has 1 saturated heterocycles. The van der Waals surface area contributed by atoms with Crippen molar-refractivity contribution in [2.45, 2.75) is 69.9 Å². The predicted octanol–water partition coefficient (Wildman–Crippen LogP) is 2.67. The Hall–Kier alpha value is -0.380. The van der Waals surface area contributed by atoms with Crippen molar-refractivity contribution in [3.63, 3.8) is 0 Å². The molecular formula is C14H26N2O. The first-order valence-electron chi connectivity index (χ1n) is 7.17. The van der Waals surface area contributed by atoms with Crippen LogP contribution in [-0.4, -0.2) is 18.8 Å². The molecule has 2 atom stereocenters. The van der Waals surface area contributed by atoms with Gasteiger partial charge in [0.15, 0.2) is 0 Å². The van der Waals surface area contributed by atoms with Crippen LogP contribution in [0.1, 0.15) is 57.8 Å². The van der Waals surface area contributed by atoms with E-state index < -0.39 is 0 Å². The van der Waals surface area contributed by atoms with E-state index in [2.05, 4.69) is 11.5 Å². The van der Waals surface area contributed by atoms with E-state index in [1.165, 1.54) is 50.5 Å². The Kier molecular flexibility index (Phi) is 5.49. The number of nitrogens with two attached hydrogens (primary N) is 1. The lowest BCUT2D eigenvalue weighted by Gasteiger charge is -2.27. The molecule has 0 bridgehead atoms. The fourth-order valence-corrected chi connectivity index (χ4v) is 2.94. The second kappa shape index (κ2) is 7.14. The molecule has 1 aliphatic carbocycles. The standard InChI is InChI=1S/C14H26N2O/c15-16-14(12-6-2-1-3-7-12)10-9-13-8-4-5-11-17-13/h6,13-14,16H,1-5,7-11,15H2. The summed E-state index contributed by atoms with van der Waals surface area (Å²) < 4.78 is 5.77. The molecule has 98 valence electrons. The third-order valence-corrected chi connectivity index (χ3v) is 4.03. The second-order valence-corrected chi connectivity index (χ2v) is 5.31. The molecule has 3 heteroatoms. The average molecular weight is 238 g/mol. The smallest absolute Gasteiger partial charge is 0.0575 e. The monoisotopic (exact) mass is 238 g/mol. The molecule has 0 radical (unpaired) electrons. The number of hydrazine groups is 1. The zero-order valence-corrected chi connectivity index (χ0v) is 10.8. The van der Waals surface area contributed by atoms with Crippen molar-refractivity contribution in [2.24, 2.45) is 5.84 Å². The topological polar surface area (TPSA) is 47.3 Å². The number of ether oxygens (including phenoxy) is 1. The van der Waals surface area contributed by atoms with Gasteiger partial charge in [-0.25, -0.2) is 0 Å². The number of allylic oxidation sites excluding steroid dienone is 1. The van der Waals surface area contributed by atoms with E-state index in [9.17, 15) is 0 Å². The van der Waals surface area contributed by atoms with Crippen LogP contribution in [0.2, 0.25) is 0 Å². The Morgan fingerprint density at radius 2 is 2.29 bits per heavy atom. The zero-order chi connectivity index (χ0) is 11.9. The summed E-state index contributed by atoms with van der Waals surface area (Å²) in [5.74, 6) is 5.69. The Bertz CT molecular complexity index is 247. The molecule has 3 nitrogen and oxygen atoms in total. The highest BCUT2D eigenvalue weighted by molar-refractivity contribution is 5.12. The number of hydrogen-bond donors (Lipinski definition) is 2. The minimum atomic E-state index is 0.376. The molecule has 0 spiro atoms. The second-order valence-electron chi connectivity index (χ2n) is 5.31. The molecule has 0 aromatic carbocycles. The maximum absolute atomic E-state index is 5.77. The van der Waals surface area contributed by atoms with E-state index in [1.807, 2.05) is 0 Å². The summed E-state index contributed by atoms with van der Waals surface area (Å²) in [4.78, 5) is 0. The zero-order valence-electron chi connectivity index (χ0n) is 10.8. The van der Waals surface area contributed by atoms with Gasteiger partial charge in [0.25, 0.3) is 0 Å². The van der Waals surface area contributed by atoms with Crippen molar-refractivity contribution in [3.8, 4) is 0 Å². The Labute approximate surface area is 105 Å². The van der Waals surface area contributed by atoms with Gasteiger partial charge in [0.2, 0.25) is 0 Å². The van der Waals surface area contributed by atoms with Crippen LogP contribution in [0.4, 0.5) is 0 Å². The molecule has 2 rings (SSSR count). The van der Waals surface area contributed by atoms with Gasteiger partial charge in [0, 0.05) is 12.6 Å². The lowest BCUT2D eigenvalue weighted by atomic mass is 9.90. The average Bonchev–Trinajstić information content (AvgIpc) is 2.42. The fraction of sp³-hybridized carbons (Fsp3) is 0.857. The van der Waals surface area contributed by atoms with E-state index in [1.54, 1.807) is 0 Å². The molecule has 0 saturated carbocycles. The van der Waals surface area contributed by atoms with Crippen LogP contribution in [0.3, 0.4) is 0 Å². The van der Waals surface area contributed by atoms with Crippen LogP contribution in [0, 0.1) is 0 Å². The van der Waals surface area contributed by atoms with Crippen LogP contribution >= 0.6 is 0 Å². The van der Waals surface area contributed by atoms with Gasteiger partial charge >= 0.3 is 0 Å². The van der Waals surface area contributed by atoms with E-state index in [-0.39, 0.29) is 0 Å². The molecule has 1 aliphatic heterocycles. The van der Waals surface area contributed by atoms with Crippen molar-refractivity contribution in [3.05, 3.63) is 11.6 Å². The van der Waals surface area contributed by atoms with Gasteiger partial charge < -0.3 is 4.74 Å². The van der Waals surface area contributed by atoms with Crippen molar-refractivity contribution in [1.82, 2.24) is 5.43 Å². The summed E-state index contributed by atoms with van der Waals surface area (Å²) in [7, 11) is 0. The first kappa shape index (κ1) is 13.1. The van der Waals surface area contributed by atoms with Gasteiger partial charge in [0.05, 0.1) is 6.10 Å². The molecule has 17 heavy (non-hydrogen) atoms. The number of hydrogen-bond acceptors (Lipinski definition) is 3. The third kappa shape index (κ3) is 4.09. The molecule has 0 aromatic heterocycles. The number of rotatable bonds is 5. The van der Waals surface area contributed by atoms with Gasteiger partial charge in [-0.2, -0.15) is 0 Å². The van der Waals surface area contributed by atoms with Crippen molar-refractivity contribution < 1.29 is 4.74 Å². The first-order valence-corrected chi connectivity index (χ1v) is 7.17. The quantitative estimate of drug-likeness (QED) is 0.440. The minimum absolute atomic E-state index is 0.376. The fourth-order valence-electron chi connectivity index (χ4n) is 2.94. The lowest BCUT2D eigenvalue weighted by molar-refractivity contribution is 0.00906. The van der Waals surface area contributed by atoms with Crippen molar-refractivity contribution in [1.29, 1.82) is 0 Å². The summed E-state index contributed by atoms with van der Waals surface area (Å²) in [5.41, 5.74) is 4.51. The Balaban J connectivity index is 1.76. The summed E-state index contributed by atoms with van der Waals surface area (Å²) >= 11 is 0. The predicted molar refractivity (Wildman–Crippen MR) is 70.5 cm³/mol. The lowest BCUT2D eigenvalue weighted by Crippen LogP contribution is -2.38. The highest BCUT2D eigenvalue weighted by Gasteiger charge is 2.19. The Morgan fingerprint density at radius 3 is 2.94 bits per heavy atom. The normalized spacial score (nSPS) is 27.6. The maximum atomic E-state index is 5.77. The largest absolute Gasteiger partial charge is 0.378 e. The maximum Gasteiger partial charge on any atom is 0.0575 e. The summed E-state index contributed by atoms with van der Waals surface area (Å²) in [6.07, 6.45) is 14.0. The highest BCUT2D eigenvalue weighted by atomic mass is 16.5. The van der Waals surface area contributed by atoms with Gasteiger partial charge in [-0.05, 0) is 57.8 Å². The molecule has 1 heterocycles. The van der Waals surface area contributed by atoms with Crippen LogP contribution < -0.4 is 11.3 Å². The summed E-state index contributed by atoms with van der Waals surface area (Å²) in [6.45, 7) is 0.952. The van der Waals surface area contributed by atoms with Crippen LogP contribution in [0.5, 0.6) is 0 Å². The summed E-state index contributed by atoms with van der Waals surface area (Å²) in [6, 6.07) is 0.376. The van der Waals surface area contributed by atoms with E-state index in [0.29, 0.717) is 12.1 Å². The van der Waals surface area contributed by atoms with Gasteiger partial charge in [-0.3, -0.25) is 11.3 Å². The van der Waals surface area contributed by atoms with Crippen molar-refractivity contribution in [2.75, 3.05) is 6.61 Å². The van der Waals surface area contributed by atoms with E-state index in [4.69, 9.17) is 10.6 Å². The molecule has 0 aromatic rings. The van der Waals surface area contributed by atoms with E-state index in [0.717, 1.165) is 19.4 Å². The van der Waals surface area contributed by atoms with Gasteiger partial charge in [-0.15, -0.1) is 0 Å². The van der Waals surface area contributed by atoms with Gasteiger partial charge in [0.1, 0.15) is 0 Å². The SMILES string of the molecule is NNC(CCC1CCCCO1)C1=CCCCC1. The first-order chi connectivity index (χ1) is 8.40. The highest BCUT2D eigenvalue weighted by Crippen LogP contribution is 2.24. The molecular weight excluding hydrogens is 212 g/mol. The van der Waals surface area contributed by atoms with E-state index >= 15 is 0 Å². The van der Waals surface area contributed by atoms with Crippen molar-refractivity contribution >= 4 is 0 Å². The molecule has 1 fully saturated rings. The molecule has 2 unspecified atom stereocenters.